The molecule has 0 radical (unpaired) electrons. The molecule has 0 aliphatic rings. The van der Waals surface area contributed by atoms with Gasteiger partial charge in [0.15, 0.2) is 0 Å². The lowest BCUT2D eigenvalue weighted by Crippen LogP contribution is -2.32. The van der Waals surface area contributed by atoms with Crippen LogP contribution in [0.25, 0.3) is 0 Å². The van der Waals surface area contributed by atoms with Crippen LogP contribution in [0.2, 0.25) is 0 Å². The number of aryl methyl sites for hydroxylation is 1. The van der Waals surface area contributed by atoms with E-state index >= 15 is 0 Å². The fourth-order valence-electron chi connectivity index (χ4n) is 1.43. The average molecular weight is 288 g/mol. The topological polar surface area (TPSA) is 72.5 Å². The highest BCUT2D eigenvalue weighted by molar-refractivity contribution is 9.10. The van der Waals surface area contributed by atoms with E-state index in [1.54, 1.807) is 7.11 Å². The van der Waals surface area contributed by atoms with Gasteiger partial charge in [0, 0.05) is 0 Å². The number of benzene rings is 1. The van der Waals surface area contributed by atoms with Gasteiger partial charge in [-0.1, -0.05) is 6.07 Å². The molecule has 0 saturated carbocycles. The van der Waals surface area contributed by atoms with Crippen molar-refractivity contribution in [3.63, 3.8) is 0 Å². The summed E-state index contributed by atoms with van der Waals surface area (Å²) in [6, 6.07) is 2.87. The zero-order valence-corrected chi connectivity index (χ0v) is 10.7. The van der Waals surface area contributed by atoms with E-state index in [0.29, 0.717) is 5.75 Å². The second kappa shape index (κ2) is 5.32. The van der Waals surface area contributed by atoms with E-state index in [1.807, 2.05) is 19.1 Å². The molecule has 1 aromatic carbocycles. The first kappa shape index (κ1) is 13.0. The minimum absolute atomic E-state index is 0.272. The van der Waals surface area contributed by atoms with E-state index in [1.165, 1.54) is 0 Å². The van der Waals surface area contributed by atoms with Crippen LogP contribution in [-0.2, 0) is 11.2 Å². The Labute approximate surface area is 103 Å². The first-order valence-corrected chi connectivity index (χ1v) is 5.56. The standard InChI is InChI=1S/C11H14BrNO3/c1-6-3-7(5-8(13)11(14)15)10(12)9(4-6)16-2/h3-4,8H,5,13H2,1-2H3,(H,14,15). The molecule has 1 atom stereocenters. The molecule has 1 rings (SSSR count). The Morgan fingerprint density at radius 3 is 2.75 bits per heavy atom. The maximum absolute atomic E-state index is 10.7. The number of rotatable bonds is 4. The minimum Gasteiger partial charge on any atom is -0.496 e. The first-order valence-electron chi connectivity index (χ1n) is 4.77. The zero-order valence-electron chi connectivity index (χ0n) is 9.16. The van der Waals surface area contributed by atoms with Crippen molar-refractivity contribution in [1.29, 1.82) is 0 Å². The Morgan fingerprint density at radius 1 is 1.62 bits per heavy atom. The molecule has 0 spiro atoms. The van der Waals surface area contributed by atoms with Crippen LogP contribution in [0.3, 0.4) is 0 Å². The highest BCUT2D eigenvalue weighted by Crippen LogP contribution is 2.30. The average Bonchev–Trinajstić information content (AvgIpc) is 2.22. The molecule has 0 aliphatic heterocycles. The van der Waals surface area contributed by atoms with Crippen molar-refractivity contribution in [2.24, 2.45) is 5.73 Å². The Morgan fingerprint density at radius 2 is 2.25 bits per heavy atom. The molecule has 0 aromatic heterocycles. The highest BCUT2D eigenvalue weighted by atomic mass is 79.9. The van der Waals surface area contributed by atoms with Crippen molar-refractivity contribution in [3.05, 3.63) is 27.7 Å². The summed E-state index contributed by atoms with van der Waals surface area (Å²) < 4.78 is 5.93. The monoisotopic (exact) mass is 287 g/mol. The lowest BCUT2D eigenvalue weighted by atomic mass is 10.0. The Hall–Kier alpha value is -1.07. The molecule has 0 bridgehead atoms. The van der Waals surface area contributed by atoms with Gasteiger partial charge in [-0.25, -0.2) is 0 Å². The van der Waals surface area contributed by atoms with Crippen molar-refractivity contribution in [3.8, 4) is 5.75 Å². The summed E-state index contributed by atoms with van der Waals surface area (Å²) in [5.41, 5.74) is 7.34. The third kappa shape index (κ3) is 2.96. The Balaban J connectivity index is 3.04. The van der Waals surface area contributed by atoms with E-state index in [4.69, 9.17) is 15.6 Å². The van der Waals surface area contributed by atoms with Crippen LogP contribution in [-0.4, -0.2) is 24.2 Å². The molecule has 0 amide bonds. The van der Waals surface area contributed by atoms with Gasteiger partial charge in [-0.2, -0.15) is 0 Å². The number of methoxy groups -OCH3 is 1. The van der Waals surface area contributed by atoms with Gasteiger partial charge < -0.3 is 15.6 Å². The third-order valence-electron chi connectivity index (χ3n) is 2.24. The summed E-state index contributed by atoms with van der Waals surface area (Å²) in [7, 11) is 1.57. The fraction of sp³-hybridized carbons (Fsp3) is 0.364. The molecular weight excluding hydrogens is 274 g/mol. The number of aliphatic carboxylic acids is 1. The van der Waals surface area contributed by atoms with Gasteiger partial charge in [0.05, 0.1) is 11.6 Å². The predicted molar refractivity (Wildman–Crippen MR) is 64.7 cm³/mol. The number of halogens is 1. The molecule has 0 fully saturated rings. The normalized spacial score (nSPS) is 12.2. The van der Waals surface area contributed by atoms with Gasteiger partial charge in [-0.3, -0.25) is 4.79 Å². The Bertz CT molecular complexity index is 406. The van der Waals surface area contributed by atoms with Crippen molar-refractivity contribution in [1.82, 2.24) is 0 Å². The molecular formula is C11H14BrNO3. The lowest BCUT2D eigenvalue weighted by Gasteiger charge is -2.12. The molecule has 3 N–H and O–H groups in total. The van der Waals surface area contributed by atoms with Gasteiger partial charge in [0.25, 0.3) is 0 Å². The first-order chi connectivity index (χ1) is 7.45. The van der Waals surface area contributed by atoms with Crippen LogP contribution in [0.15, 0.2) is 16.6 Å². The molecule has 0 saturated heterocycles. The SMILES string of the molecule is COc1cc(C)cc(CC(N)C(=O)O)c1Br. The zero-order chi connectivity index (χ0) is 12.3. The summed E-state index contributed by atoms with van der Waals surface area (Å²) in [5, 5.41) is 8.76. The van der Waals surface area contributed by atoms with Gasteiger partial charge in [0.2, 0.25) is 0 Å². The summed E-state index contributed by atoms with van der Waals surface area (Å²) in [6.45, 7) is 1.92. The van der Waals surface area contributed by atoms with Crippen molar-refractivity contribution in [2.45, 2.75) is 19.4 Å². The van der Waals surface area contributed by atoms with Gasteiger partial charge >= 0.3 is 5.97 Å². The molecule has 0 aliphatic carbocycles. The van der Waals surface area contributed by atoms with E-state index in [2.05, 4.69) is 15.9 Å². The summed E-state index contributed by atoms with van der Waals surface area (Å²) >= 11 is 3.38. The quantitative estimate of drug-likeness (QED) is 0.885. The number of carboxylic acids is 1. The van der Waals surface area contributed by atoms with E-state index in [-0.39, 0.29) is 6.42 Å². The van der Waals surface area contributed by atoms with Gasteiger partial charge in [0.1, 0.15) is 11.8 Å². The number of nitrogens with two attached hydrogens (primary N) is 1. The molecule has 4 nitrogen and oxygen atoms in total. The fourth-order valence-corrected chi connectivity index (χ4v) is 1.98. The molecule has 88 valence electrons. The maximum atomic E-state index is 10.7. The predicted octanol–water partition coefficient (Wildman–Crippen LogP) is 1.72. The maximum Gasteiger partial charge on any atom is 0.320 e. The Kier molecular flexibility index (Phi) is 4.32. The molecule has 1 aromatic rings. The van der Waals surface area contributed by atoms with Crippen LogP contribution in [0.1, 0.15) is 11.1 Å². The van der Waals surface area contributed by atoms with Gasteiger partial charge in [-0.15, -0.1) is 0 Å². The van der Waals surface area contributed by atoms with E-state index < -0.39 is 12.0 Å². The minimum atomic E-state index is -1.01. The number of hydrogen-bond donors (Lipinski definition) is 2. The second-order valence-corrected chi connectivity index (χ2v) is 4.38. The summed E-state index contributed by atoms with van der Waals surface area (Å²) in [6.07, 6.45) is 0.272. The van der Waals surface area contributed by atoms with Gasteiger partial charge in [-0.05, 0) is 46.5 Å². The number of ether oxygens (including phenoxy) is 1. The smallest absolute Gasteiger partial charge is 0.320 e. The van der Waals surface area contributed by atoms with E-state index in [0.717, 1.165) is 15.6 Å². The van der Waals surface area contributed by atoms with Crippen LogP contribution >= 0.6 is 15.9 Å². The van der Waals surface area contributed by atoms with Crippen LogP contribution in [0, 0.1) is 6.92 Å². The third-order valence-corrected chi connectivity index (χ3v) is 3.14. The van der Waals surface area contributed by atoms with Crippen LogP contribution in [0.4, 0.5) is 0 Å². The van der Waals surface area contributed by atoms with Crippen LogP contribution in [0.5, 0.6) is 5.75 Å². The van der Waals surface area contributed by atoms with Crippen molar-refractivity contribution < 1.29 is 14.6 Å². The second-order valence-electron chi connectivity index (χ2n) is 3.59. The number of carboxylic acid groups (broad SMARTS) is 1. The molecule has 5 heteroatoms. The summed E-state index contributed by atoms with van der Waals surface area (Å²) in [5.74, 6) is -0.319. The van der Waals surface area contributed by atoms with E-state index in [9.17, 15) is 4.79 Å². The lowest BCUT2D eigenvalue weighted by molar-refractivity contribution is -0.138. The highest BCUT2D eigenvalue weighted by Gasteiger charge is 2.16. The largest absolute Gasteiger partial charge is 0.496 e. The van der Waals surface area contributed by atoms with Crippen molar-refractivity contribution >= 4 is 21.9 Å². The van der Waals surface area contributed by atoms with Crippen LogP contribution < -0.4 is 10.5 Å². The number of carbonyl (C=O) groups is 1. The molecule has 1 unspecified atom stereocenters. The number of hydrogen-bond acceptors (Lipinski definition) is 3. The molecule has 0 heterocycles. The van der Waals surface area contributed by atoms with Crippen molar-refractivity contribution in [2.75, 3.05) is 7.11 Å². The summed E-state index contributed by atoms with van der Waals surface area (Å²) in [4.78, 5) is 10.7. The molecule has 16 heavy (non-hydrogen) atoms.